The molecule has 126 valence electrons. The Hall–Kier alpha value is -3.06. The molecule has 25 heavy (non-hydrogen) atoms. The molecule has 1 N–H and O–H groups in total. The molecule has 4 aromatic rings. The van der Waals surface area contributed by atoms with E-state index in [4.69, 9.17) is 5.11 Å². The van der Waals surface area contributed by atoms with Crippen molar-refractivity contribution in [2.45, 2.75) is 20.4 Å². The van der Waals surface area contributed by atoms with E-state index >= 15 is 0 Å². The van der Waals surface area contributed by atoms with E-state index in [0.717, 1.165) is 33.8 Å². The van der Waals surface area contributed by atoms with Gasteiger partial charge in [-0.1, -0.05) is 0 Å². The number of aliphatic hydroxyl groups excluding tert-OH is 1. The first-order valence-electron chi connectivity index (χ1n) is 8.08. The molecular weight excluding hydrogens is 316 g/mol. The van der Waals surface area contributed by atoms with Crippen molar-refractivity contribution in [3.05, 3.63) is 54.4 Å². The summed E-state index contributed by atoms with van der Waals surface area (Å²) in [6, 6.07) is 9.90. The van der Waals surface area contributed by atoms with Gasteiger partial charge in [-0.05, 0) is 44.2 Å². The number of aryl methyl sites for hydroxylation is 2. The lowest BCUT2D eigenvalue weighted by atomic mass is 10.2. The van der Waals surface area contributed by atoms with Crippen molar-refractivity contribution in [3.8, 4) is 17.1 Å². The second kappa shape index (κ2) is 6.10. The number of rotatable bonds is 4. The van der Waals surface area contributed by atoms with E-state index in [0.29, 0.717) is 12.4 Å². The van der Waals surface area contributed by atoms with Gasteiger partial charge in [-0.25, -0.2) is 14.6 Å². The van der Waals surface area contributed by atoms with Crippen molar-refractivity contribution >= 4 is 11.0 Å². The highest BCUT2D eigenvalue weighted by Gasteiger charge is 2.14. The first-order chi connectivity index (χ1) is 12.2. The van der Waals surface area contributed by atoms with Crippen LogP contribution in [0.5, 0.6) is 0 Å². The molecule has 0 aliphatic heterocycles. The number of fused-ring (bicyclic) bond motifs is 1. The third-order valence-electron chi connectivity index (χ3n) is 4.06. The molecule has 0 fully saturated rings. The quantitative estimate of drug-likeness (QED) is 0.619. The van der Waals surface area contributed by atoms with Gasteiger partial charge < -0.3 is 9.67 Å². The predicted molar refractivity (Wildman–Crippen MR) is 94.4 cm³/mol. The Bertz CT molecular complexity index is 1050. The molecule has 0 atom stereocenters. The van der Waals surface area contributed by atoms with E-state index in [2.05, 4.69) is 20.1 Å². The Labute approximate surface area is 144 Å². The van der Waals surface area contributed by atoms with Crippen LogP contribution in [0.2, 0.25) is 0 Å². The van der Waals surface area contributed by atoms with Crippen LogP contribution in [0.25, 0.3) is 28.1 Å². The SMILES string of the molecule is Cc1cc(-n2nc(C)nc2-c2ccc3c(c2)ncn3CCO)ccn1. The Morgan fingerprint density at radius 1 is 1.08 bits per heavy atom. The van der Waals surface area contributed by atoms with Gasteiger partial charge in [0.1, 0.15) is 5.82 Å². The lowest BCUT2D eigenvalue weighted by Crippen LogP contribution is -2.01. The molecule has 3 heterocycles. The summed E-state index contributed by atoms with van der Waals surface area (Å²) < 4.78 is 3.76. The molecular formula is C18H18N6O. The molecule has 0 aliphatic rings. The molecule has 0 amide bonds. The van der Waals surface area contributed by atoms with Crippen LogP contribution < -0.4 is 0 Å². The Kier molecular flexibility index (Phi) is 3.77. The van der Waals surface area contributed by atoms with Crippen LogP contribution in [-0.2, 0) is 6.54 Å². The van der Waals surface area contributed by atoms with E-state index < -0.39 is 0 Å². The molecule has 0 radical (unpaired) electrons. The second-order valence-corrected chi connectivity index (χ2v) is 5.91. The van der Waals surface area contributed by atoms with Gasteiger partial charge in [-0.2, -0.15) is 5.10 Å². The minimum atomic E-state index is 0.0854. The van der Waals surface area contributed by atoms with E-state index in [9.17, 15) is 0 Å². The molecule has 1 aromatic carbocycles. The first kappa shape index (κ1) is 15.5. The topological polar surface area (TPSA) is 81.7 Å². The summed E-state index contributed by atoms with van der Waals surface area (Å²) in [4.78, 5) is 13.3. The number of benzene rings is 1. The number of hydrogen-bond acceptors (Lipinski definition) is 5. The third kappa shape index (κ3) is 2.78. The monoisotopic (exact) mass is 334 g/mol. The number of aliphatic hydroxyl groups is 1. The van der Waals surface area contributed by atoms with Crippen molar-refractivity contribution in [1.82, 2.24) is 29.3 Å². The second-order valence-electron chi connectivity index (χ2n) is 5.91. The first-order valence-corrected chi connectivity index (χ1v) is 8.08. The van der Waals surface area contributed by atoms with Gasteiger partial charge in [0.25, 0.3) is 0 Å². The Morgan fingerprint density at radius 3 is 2.76 bits per heavy atom. The van der Waals surface area contributed by atoms with Gasteiger partial charge in [-0.15, -0.1) is 0 Å². The summed E-state index contributed by atoms with van der Waals surface area (Å²) in [6.07, 6.45) is 3.51. The van der Waals surface area contributed by atoms with Crippen molar-refractivity contribution in [1.29, 1.82) is 0 Å². The number of pyridine rings is 1. The van der Waals surface area contributed by atoms with Crippen molar-refractivity contribution in [3.63, 3.8) is 0 Å². The summed E-state index contributed by atoms with van der Waals surface area (Å²) in [7, 11) is 0. The number of hydrogen-bond donors (Lipinski definition) is 1. The summed E-state index contributed by atoms with van der Waals surface area (Å²) in [5.74, 6) is 1.47. The van der Waals surface area contributed by atoms with Crippen LogP contribution in [0.15, 0.2) is 42.9 Å². The van der Waals surface area contributed by atoms with E-state index in [1.165, 1.54) is 0 Å². The third-order valence-corrected chi connectivity index (χ3v) is 4.06. The van der Waals surface area contributed by atoms with E-state index in [1.807, 2.05) is 53.4 Å². The van der Waals surface area contributed by atoms with Gasteiger partial charge in [0.15, 0.2) is 5.82 Å². The average molecular weight is 334 g/mol. The normalized spacial score (nSPS) is 11.3. The van der Waals surface area contributed by atoms with Gasteiger partial charge in [0.05, 0.1) is 29.7 Å². The van der Waals surface area contributed by atoms with Gasteiger partial charge in [0.2, 0.25) is 0 Å². The van der Waals surface area contributed by atoms with Crippen molar-refractivity contribution < 1.29 is 5.11 Å². The smallest absolute Gasteiger partial charge is 0.163 e. The fourth-order valence-electron chi connectivity index (χ4n) is 2.93. The Morgan fingerprint density at radius 2 is 1.96 bits per heavy atom. The van der Waals surface area contributed by atoms with Crippen LogP contribution >= 0.6 is 0 Å². The minimum Gasteiger partial charge on any atom is -0.395 e. The summed E-state index contributed by atoms with van der Waals surface area (Å²) in [5, 5.41) is 13.7. The van der Waals surface area contributed by atoms with Gasteiger partial charge >= 0.3 is 0 Å². The zero-order valence-corrected chi connectivity index (χ0v) is 14.1. The average Bonchev–Trinajstić information content (AvgIpc) is 3.19. The molecule has 4 rings (SSSR count). The van der Waals surface area contributed by atoms with Crippen molar-refractivity contribution in [2.24, 2.45) is 0 Å². The largest absolute Gasteiger partial charge is 0.395 e. The molecule has 0 spiro atoms. The molecule has 7 heteroatoms. The van der Waals surface area contributed by atoms with E-state index in [1.54, 1.807) is 12.5 Å². The molecule has 0 aliphatic carbocycles. The number of aromatic nitrogens is 6. The van der Waals surface area contributed by atoms with Crippen molar-refractivity contribution in [2.75, 3.05) is 6.61 Å². The molecule has 0 saturated heterocycles. The zero-order chi connectivity index (χ0) is 17.4. The number of imidazole rings is 1. The fraction of sp³-hybridized carbons (Fsp3) is 0.222. The van der Waals surface area contributed by atoms with Crippen LogP contribution in [0.4, 0.5) is 0 Å². The summed E-state index contributed by atoms with van der Waals surface area (Å²) >= 11 is 0. The molecule has 3 aromatic heterocycles. The maximum Gasteiger partial charge on any atom is 0.163 e. The van der Waals surface area contributed by atoms with Gasteiger partial charge in [0, 0.05) is 24.0 Å². The number of nitrogens with zero attached hydrogens (tertiary/aromatic N) is 6. The zero-order valence-electron chi connectivity index (χ0n) is 14.1. The molecule has 7 nitrogen and oxygen atoms in total. The van der Waals surface area contributed by atoms with Crippen LogP contribution in [-0.4, -0.2) is 41.0 Å². The van der Waals surface area contributed by atoms with Gasteiger partial charge in [-0.3, -0.25) is 4.98 Å². The highest BCUT2D eigenvalue weighted by Crippen LogP contribution is 2.25. The fourth-order valence-corrected chi connectivity index (χ4v) is 2.93. The lowest BCUT2D eigenvalue weighted by molar-refractivity contribution is 0.278. The molecule has 0 bridgehead atoms. The predicted octanol–water partition coefficient (Wildman–Crippen LogP) is 2.29. The maximum absolute atomic E-state index is 9.14. The summed E-state index contributed by atoms with van der Waals surface area (Å²) in [6.45, 7) is 4.44. The van der Waals surface area contributed by atoms with Crippen LogP contribution in [0.3, 0.4) is 0 Å². The maximum atomic E-state index is 9.14. The highest BCUT2D eigenvalue weighted by molar-refractivity contribution is 5.81. The highest BCUT2D eigenvalue weighted by atomic mass is 16.3. The summed E-state index contributed by atoms with van der Waals surface area (Å²) in [5.41, 5.74) is 4.64. The van der Waals surface area contributed by atoms with Crippen LogP contribution in [0.1, 0.15) is 11.5 Å². The standard InChI is InChI=1S/C18H18N6O/c1-12-9-15(5-6-19-12)24-18(21-13(2)22-24)14-3-4-17-16(10-14)20-11-23(17)7-8-25/h3-6,9-11,25H,7-8H2,1-2H3. The van der Waals surface area contributed by atoms with E-state index in [-0.39, 0.29) is 6.61 Å². The molecule has 0 saturated carbocycles. The Balaban J connectivity index is 1.84. The lowest BCUT2D eigenvalue weighted by Gasteiger charge is -2.07. The minimum absolute atomic E-state index is 0.0854. The molecule has 0 unspecified atom stereocenters. The van der Waals surface area contributed by atoms with Crippen LogP contribution in [0, 0.1) is 13.8 Å².